The third kappa shape index (κ3) is 3.33. The maximum atomic E-state index is 11.8. The van der Waals surface area contributed by atoms with Crippen molar-refractivity contribution in [1.82, 2.24) is 14.9 Å². The Balaban J connectivity index is 1.94. The predicted molar refractivity (Wildman–Crippen MR) is 70.8 cm³/mol. The van der Waals surface area contributed by atoms with Crippen LogP contribution in [-0.2, 0) is 12.8 Å². The zero-order valence-corrected chi connectivity index (χ0v) is 11.3. The zero-order valence-electron chi connectivity index (χ0n) is 10.5. The molecule has 1 N–H and O–H groups in total. The van der Waals surface area contributed by atoms with Crippen molar-refractivity contribution < 1.29 is 0 Å². The van der Waals surface area contributed by atoms with E-state index in [4.69, 9.17) is 0 Å². The van der Waals surface area contributed by atoms with E-state index in [9.17, 15) is 4.79 Å². The smallest absolute Gasteiger partial charge is 0.254 e. The number of hydrogen-bond acceptors (Lipinski definition) is 4. The quantitative estimate of drug-likeness (QED) is 0.488. The van der Waals surface area contributed by atoms with Gasteiger partial charge in [-0.15, -0.1) is 0 Å². The van der Waals surface area contributed by atoms with Crippen LogP contribution in [0.5, 0.6) is 0 Å². The maximum Gasteiger partial charge on any atom is 0.254 e. The second-order valence-corrected chi connectivity index (χ2v) is 5.74. The fourth-order valence-electron chi connectivity index (χ4n) is 2.04. The van der Waals surface area contributed by atoms with E-state index in [0.717, 1.165) is 54.4 Å². The van der Waals surface area contributed by atoms with Crippen molar-refractivity contribution in [1.29, 1.82) is 0 Å². The van der Waals surface area contributed by atoms with E-state index in [1.54, 1.807) is 11.8 Å². The van der Waals surface area contributed by atoms with Gasteiger partial charge in [-0.1, -0.05) is 11.8 Å². The van der Waals surface area contributed by atoms with E-state index in [1.807, 2.05) is 0 Å². The van der Waals surface area contributed by atoms with Crippen LogP contribution in [-0.4, -0.2) is 41.3 Å². The molecule has 0 atom stereocenters. The van der Waals surface area contributed by atoms with E-state index in [1.165, 1.54) is 0 Å². The average molecular weight is 253 g/mol. The Morgan fingerprint density at radius 3 is 3.00 bits per heavy atom. The van der Waals surface area contributed by atoms with Gasteiger partial charge in [0.05, 0.1) is 5.69 Å². The highest BCUT2D eigenvalue weighted by Gasteiger charge is 2.16. The van der Waals surface area contributed by atoms with Gasteiger partial charge >= 0.3 is 0 Å². The topological polar surface area (TPSA) is 49.0 Å². The number of nitrogens with zero attached hydrogens (tertiary/aromatic N) is 2. The number of rotatable bonds is 5. The van der Waals surface area contributed by atoms with Gasteiger partial charge in [0.1, 0.15) is 0 Å². The minimum Gasteiger partial charge on any atom is -0.309 e. The lowest BCUT2D eigenvalue weighted by molar-refractivity contribution is 0.410. The number of H-pyrrole nitrogens is 1. The summed E-state index contributed by atoms with van der Waals surface area (Å²) in [5, 5.41) is 0.786. The van der Waals surface area contributed by atoms with E-state index in [-0.39, 0.29) is 5.56 Å². The summed E-state index contributed by atoms with van der Waals surface area (Å²) in [4.78, 5) is 21.3. The molecule has 1 aromatic rings. The van der Waals surface area contributed by atoms with Crippen molar-refractivity contribution in [2.45, 2.75) is 30.8 Å². The molecule has 0 fully saturated rings. The van der Waals surface area contributed by atoms with Crippen molar-refractivity contribution >= 4 is 11.8 Å². The molecule has 0 saturated heterocycles. The highest BCUT2D eigenvalue weighted by atomic mass is 32.2. The summed E-state index contributed by atoms with van der Waals surface area (Å²) < 4.78 is 0. The fourth-order valence-corrected chi connectivity index (χ4v) is 2.84. The number of fused-ring (bicyclic) bond motifs is 1. The van der Waals surface area contributed by atoms with Gasteiger partial charge in [0, 0.05) is 11.3 Å². The molecule has 0 bridgehead atoms. The molecular weight excluding hydrogens is 234 g/mol. The number of aromatic amines is 1. The van der Waals surface area contributed by atoms with Crippen molar-refractivity contribution in [3.63, 3.8) is 0 Å². The summed E-state index contributed by atoms with van der Waals surface area (Å²) in [6, 6.07) is 0. The molecule has 94 valence electrons. The van der Waals surface area contributed by atoms with Crippen molar-refractivity contribution in [2.24, 2.45) is 0 Å². The molecule has 5 heteroatoms. The predicted octanol–water partition coefficient (Wildman–Crippen LogP) is 1.30. The summed E-state index contributed by atoms with van der Waals surface area (Å²) in [6.07, 6.45) is 4.03. The Morgan fingerprint density at radius 1 is 1.41 bits per heavy atom. The molecule has 1 aliphatic rings. The van der Waals surface area contributed by atoms with E-state index in [0.29, 0.717) is 0 Å². The number of aryl methyl sites for hydroxylation is 1. The van der Waals surface area contributed by atoms with E-state index >= 15 is 0 Å². The Hall–Kier alpha value is -0.810. The Labute approximate surface area is 106 Å². The van der Waals surface area contributed by atoms with Crippen LogP contribution in [0, 0.1) is 0 Å². The Morgan fingerprint density at radius 2 is 2.24 bits per heavy atom. The molecule has 0 radical (unpaired) electrons. The minimum atomic E-state index is 0.0719. The summed E-state index contributed by atoms with van der Waals surface area (Å²) >= 11 is 1.65. The van der Waals surface area contributed by atoms with Crippen LogP contribution in [0.1, 0.15) is 24.1 Å². The molecule has 1 aliphatic carbocycles. The Bertz CT molecular complexity index is 442. The number of thioether (sulfide) groups is 1. The van der Waals surface area contributed by atoms with Crippen LogP contribution in [0.15, 0.2) is 9.95 Å². The standard InChI is InChI=1S/C12H19N3OS/c1-15(2)7-4-8-17-12-13-10-6-3-5-9(10)11(16)14-12/h3-8H2,1-2H3,(H,13,14,16). The van der Waals surface area contributed by atoms with Crippen LogP contribution in [0.4, 0.5) is 0 Å². The zero-order chi connectivity index (χ0) is 12.3. The largest absolute Gasteiger partial charge is 0.309 e. The second-order valence-electron chi connectivity index (χ2n) is 4.66. The van der Waals surface area contributed by atoms with Crippen LogP contribution < -0.4 is 5.56 Å². The molecule has 0 spiro atoms. The van der Waals surface area contributed by atoms with Gasteiger partial charge in [-0.05, 0) is 46.3 Å². The first-order chi connectivity index (χ1) is 8.16. The van der Waals surface area contributed by atoms with Gasteiger partial charge in [-0.25, -0.2) is 4.98 Å². The van der Waals surface area contributed by atoms with Gasteiger partial charge in [-0.2, -0.15) is 0 Å². The molecule has 0 saturated carbocycles. The van der Waals surface area contributed by atoms with Crippen LogP contribution in [0.3, 0.4) is 0 Å². The van der Waals surface area contributed by atoms with Crippen LogP contribution in [0.2, 0.25) is 0 Å². The molecule has 0 aromatic carbocycles. The molecule has 17 heavy (non-hydrogen) atoms. The van der Waals surface area contributed by atoms with Crippen molar-refractivity contribution in [3.8, 4) is 0 Å². The fraction of sp³-hybridized carbons (Fsp3) is 0.667. The maximum absolute atomic E-state index is 11.8. The van der Waals surface area contributed by atoms with Gasteiger partial charge in [0.25, 0.3) is 5.56 Å². The van der Waals surface area contributed by atoms with Crippen molar-refractivity contribution in [3.05, 3.63) is 21.6 Å². The first kappa shape index (κ1) is 12.6. The lowest BCUT2D eigenvalue weighted by atomic mass is 10.3. The second kappa shape index (κ2) is 5.69. The summed E-state index contributed by atoms with van der Waals surface area (Å²) in [5.74, 6) is 1.000. The summed E-state index contributed by atoms with van der Waals surface area (Å²) in [6.45, 7) is 1.07. The number of aromatic nitrogens is 2. The lowest BCUT2D eigenvalue weighted by Gasteiger charge is -2.08. The highest BCUT2D eigenvalue weighted by molar-refractivity contribution is 7.99. The van der Waals surface area contributed by atoms with Gasteiger partial charge in [-0.3, -0.25) is 4.79 Å². The van der Waals surface area contributed by atoms with Crippen LogP contribution >= 0.6 is 11.8 Å². The minimum absolute atomic E-state index is 0.0719. The molecule has 4 nitrogen and oxygen atoms in total. The summed E-state index contributed by atoms with van der Waals surface area (Å²) in [5.41, 5.74) is 1.99. The van der Waals surface area contributed by atoms with Gasteiger partial charge < -0.3 is 9.88 Å². The van der Waals surface area contributed by atoms with E-state index in [2.05, 4.69) is 29.0 Å². The first-order valence-electron chi connectivity index (χ1n) is 6.06. The number of nitrogens with one attached hydrogen (secondary N) is 1. The molecule has 0 unspecified atom stereocenters. The SMILES string of the molecule is CN(C)CCCSc1nc2c(c(=O)[nH]1)CCC2. The molecule has 1 aromatic heterocycles. The highest BCUT2D eigenvalue weighted by Crippen LogP contribution is 2.19. The Kier molecular flexibility index (Phi) is 4.23. The summed E-state index contributed by atoms with van der Waals surface area (Å²) in [7, 11) is 4.14. The monoisotopic (exact) mass is 253 g/mol. The molecule has 2 rings (SSSR count). The molecule has 0 aliphatic heterocycles. The van der Waals surface area contributed by atoms with Crippen LogP contribution in [0.25, 0.3) is 0 Å². The lowest BCUT2D eigenvalue weighted by Crippen LogP contribution is -2.16. The average Bonchev–Trinajstić information content (AvgIpc) is 2.72. The first-order valence-corrected chi connectivity index (χ1v) is 7.05. The third-order valence-corrected chi connectivity index (χ3v) is 3.87. The van der Waals surface area contributed by atoms with Gasteiger partial charge in [0.15, 0.2) is 5.16 Å². The molecule has 0 amide bonds. The van der Waals surface area contributed by atoms with Gasteiger partial charge in [0.2, 0.25) is 0 Å². The van der Waals surface area contributed by atoms with E-state index < -0.39 is 0 Å². The number of hydrogen-bond donors (Lipinski definition) is 1. The normalized spacial score (nSPS) is 14.3. The third-order valence-electron chi connectivity index (χ3n) is 2.91. The molecular formula is C12H19N3OS. The molecule has 1 heterocycles. The van der Waals surface area contributed by atoms with Crippen molar-refractivity contribution in [2.75, 3.05) is 26.4 Å².